The van der Waals surface area contributed by atoms with Gasteiger partial charge in [-0.25, -0.2) is 0 Å². The molecule has 0 unspecified atom stereocenters. The highest BCUT2D eigenvalue weighted by atomic mass is 19.4. The highest BCUT2D eigenvalue weighted by molar-refractivity contribution is 6.11. The third-order valence-corrected chi connectivity index (χ3v) is 2.94. The van der Waals surface area contributed by atoms with Crippen LogP contribution in [0.1, 0.15) is 29.3 Å². The molecule has 1 heterocycles. The molecule has 0 atom stereocenters. The maximum absolute atomic E-state index is 12.6. The van der Waals surface area contributed by atoms with Gasteiger partial charge in [-0.3, -0.25) is 4.98 Å². The molecule has 116 valence electrons. The maximum atomic E-state index is 12.6. The van der Waals surface area contributed by atoms with Crippen LogP contribution in [0.4, 0.5) is 13.2 Å². The van der Waals surface area contributed by atoms with Gasteiger partial charge in [0, 0.05) is 11.8 Å². The van der Waals surface area contributed by atoms with Crippen LogP contribution in [0.15, 0.2) is 47.8 Å². The molecule has 0 amide bonds. The van der Waals surface area contributed by atoms with Crippen molar-refractivity contribution >= 4 is 5.71 Å². The van der Waals surface area contributed by atoms with Crippen molar-refractivity contribution in [1.82, 2.24) is 4.98 Å². The zero-order valence-electron chi connectivity index (χ0n) is 12.2. The first-order chi connectivity index (χ1) is 10.4. The van der Waals surface area contributed by atoms with Crippen LogP contribution >= 0.6 is 0 Å². The lowest BCUT2D eigenvalue weighted by Crippen LogP contribution is -2.10. The first-order valence-electron chi connectivity index (χ1n) is 6.72. The van der Waals surface area contributed by atoms with E-state index in [0.717, 1.165) is 23.4 Å². The Bertz CT molecular complexity index is 647. The Labute approximate surface area is 126 Å². The van der Waals surface area contributed by atoms with Crippen molar-refractivity contribution < 1.29 is 18.0 Å². The van der Waals surface area contributed by atoms with Crippen molar-refractivity contribution in [3.63, 3.8) is 0 Å². The van der Waals surface area contributed by atoms with E-state index in [1.54, 1.807) is 6.92 Å². The summed E-state index contributed by atoms with van der Waals surface area (Å²) in [6.45, 7) is 4.08. The van der Waals surface area contributed by atoms with E-state index in [-0.39, 0.29) is 0 Å². The molecule has 6 heteroatoms. The number of halogens is 3. The zero-order valence-corrected chi connectivity index (χ0v) is 12.2. The fourth-order valence-corrected chi connectivity index (χ4v) is 1.79. The van der Waals surface area contributed by atoms with Crippen molar-refractivity contribution in [2.75, 3.05) is 6.61 Å². The molecule has 0 fully saturated rings. The van der Waals surface area contributed by atoms with Gasteiger partial charge in [0.2, 0.25) is 0 Å². The number of alkyl halides is 3. The van der Waals surface area contributed by atoms with Crippen LogP contribution in [0.5, 0.6) is 0 Å². The van der Waals surface area contributed by atoms with Crippen molar-refractivity contribution in [2.24, 2.45) is 5.16 Å². The summed E-state index contributed by atoms with van der Waals surface area (Å²) < 4.78 is 37.8. The molecular formula is C16H15F3N2O. The highest BCUT2D eigenvalue weighted by Crippen LogP contribution is 2.28. The lowest BCUT2D eigenvalue weighted by Gasteiger charge is -2.09. The predicted octanol–water partition coefficient (Wildman–Crippen LogP) is 4.20. The number of nitrogens with zero attached hydrogens (tertiary/aromatic N) is 2. The fourth-order valence-electron chi connectivity index (χ4n) is 1.79. The standard InChI is InChI=1S/C16H15F3N2O/c1-3-22-21-15(12-6-4-11(2)5-7-12)14-9-8-13(10-20-14)16(17,18)19/h4-10H,3H2,1-2H3/b21-15-. The molecule has 0 aliphatic heterocycles. The molecule has 1 aromatic heterocycles. The van der Waals surface area contributed by atoms with Crippen LogP contribution in [0.25, 0.3) is 0 Å². The molecule has 0 saturated heterocycles. The lowest BCUT2D eigenvalue weighted by molar-refractivity contribution is -0.137. The molecular weight excluding hydrogens is 293 g/mol. The second kappa shape index (κ2) is 6.60. The number of aryl methyl sites for hydroxylation is 1. The molecule has 0 radical (unpaired) electrons. The fraction of sp³-hybridized carbons (Fsp3) is 0.250. The van der Waals surface area contributed by atoms with Gasteiger partial charge < -0.3 is 4.84 Å². The SMILES string of the molecule is CCO/N=C(/c1ccc(C)cc1)c1ccc(C(F)(F)F)cn1. The van der Waals surface area contributed by atoms with Crippen molar-refractivity contribution in [1.29, 1.82) is 0 Å². The zero-order chi connectivity index (χ0) is 16.2. The van der Waals surface area contributed by atoms with Crippen LogP contribution in [-0.4, -0.2) is 17.3 Å². The summed E-state index contributed by atoms with van der Waals surface area (Å²) in [7, 11) is 0. The van der Waals surface area contributed by atoms with Gasteiger partial charge in [-0.2, -0.15) is 13.2 Å². The number of rotatable bonds is 4. The summed E-state index contributed by atoms with van der Waals surface area (Å²) in [4.78, 5) is 8.92. The molecule has 2 aromatic rings. The van der Waals surface area contributed by atoms with E-state index in [0.29, 0.717) is 18.0 Å². The molecule has 0 N–H and O–H groups in total. The van der Waals surface area contributed by atoms with Gasteiger partial charge >= 0.3 is 6.18 Å². The van der Waals surface area contributed by atoms with E-state index in [9.17, 15) is 13.2 Å². The minimum atomic E-state index is -4.41. The molecule has 0 aliphatic carbocycles. The van der Waals surface area contributed by atoms with Gasteiger partial charge in [0.15, 0.2) is 0 Å². The summed E-state index contributed by atoms with van der Waals surface area (Å²) in [5, 5.41) is 3.98. The predicted molar refractivity (Wildman–Crippen MR) is 77.7 cm³/mol. The van der Waals surface area contributed by atoms with Gasteiger partial charge in [0.05, 0.1) is 11.3 Å². The van der Waals surface area contributed by atoms with Gasteiger partial charge in [0.25, 0.3) is 0 Å². The molecule has 0 spiro atoms. The first-order valence-corrected chi connectivity index (χ1v) is 6.72. The Morgan fingerprint density at radius 3 is 2.32 bits per heavy atom. The molecule has 22 heavy (non-hydrogen) atoms. The van der Waals surface area contributed by atoms with Gasteiger partial charge in [0.1, 0.15) is 12.3 Å². The normalized spacial score (nSPS) is 12.3. The summed E-state index contributed by atoms with van der Waals surface area (Å²) in [6, 6.07) is 9.71. The minimum Gasteiger partial charge on any atom is -0.396 e. The Morgan fingerprint density at radius 1 is 1.14 bits per heavy atom. The second-order valence-electron chi connectivity index (χ2n) is 4.65. The summed E-state index contributed by atoms with van der Waals surface area (Å²) in [6.07, 6.45) is -3.61. The van der Waals surface area contributed by atoms with E-state index in [2.05, 4.69) is 10.1 Å². The topological polar surface area (TPSA) is 34.5 Å². The number of aromatic nitrogens is 1. The molecule has 0 bridgehead atoms. The Balaban J connectivity index is 2.40. The first kappa shape index (κ1) is 16.0. The maximum Gasteiger partial charge on any atom is 0.417 e. The molecule has 3 nitrogen and oxygen atoms in total. The second-order valence-corrected chi connectivity index (χ2v) is 4.65. The van der Waals surface area contributed by atoms with E-state index in [1.165, 1.54) is 6.07 Å². The van der Waals surface area contributed by atoms with Crippen molar-refractivity contribution in [3.8, 4) is 0 Å². The Hall–Kier alpha value is -2.37. The van der Waals surface area contributed by atoms with Crippen molar-refractivity contribution in [2.45, 2.75) is 20.0 Å². The molecule has 0 aliphatic rings. The number of pyridine rings is 1. The average molecular weight is 308 g/mol. The highest BCUT2D eigenvalue weighted by Gasteiger charge is 2.30. The van der Waals surface area contributed by atoms with Gasteiger partial charge in [-0.1, -0.05) is 35.0 Å². The Morgan fingerprint density at radius 2 is 1.82 bits per heavy atom. The van der Waals surface area contributed by atoms with Crippen LogP contribution < -0.4 is 0 Å². The van der Waals surface area contributed by atoms with E-state index >= 15 is 0 Å². The third kappa shape index (κ3) is 3.84. The van der Waals surface area contributed by atoms with Gasteiger partial charge in [-0.05, 0) is 26.0 Å². The van der Waals surface area contributed by atoms with E-state index in [4.69, 9.17) is 4.84 Å². The molecule has 0 saturated carbocycles. The van der Waals surface area contributed by atoms with Gasteiger partial charge in [-0.15, -0.1) is 0 Å². The summed E-state index contributed by atoms with van der Waals surface area (Å²) in [5.74, 6) is 0. The van der Waals surface area contributed by atoms with E-state index < -0.39 is 11.7 Å². The van der Waals surface area contributed by atoms with Crippen LogP contribution in [0.3, 0.4) is 0 Å². The largest absolute Gasteiger partial charge is 0.417 e. The van der Waals surface area contributed by atoms with E-state index in [1.807, 2.05) is 31.2 Å². The number of hydrogen-bond acceptors (Lipinski definition) is 3. The van der Waals surface area contributed by atoms with Crippen LogP contribution in [0, 0.1) is 6.92 Å². The average Bonchev–Trinajstić information content (AvgIpc) is 2.49. The third-order valence-electron chi connectivity index (χ3n) is 2.94. The summed E-state index contributed by atoms with van der Waals surface area (Å²) >= 11 is 0. The van der Waals surface area contributed by atoms with Crippen LogP contribution in [0.2, 0.25) is 0 Å². The lowest BCUT2D eigenvalue weighted by atomic mass is 10.0. The molecule has 1 aromatic carbocycles. The number of hydrogen-bond donors (Lipinski definition) is 0. The number of oxime groups is 1. The summed E-state index contributed by atoms with van der Waals surface area (Å²) in [5.41, 5.74) is 1.72. The monoisotopic (exact) mass is 308 g/mol. The number of benzene rings is 1. The molecule has 2 rings (SSSR count). The van der Waals surface area contributed by atoms with Crippen LogP contribution in [-0.2, 0) is 11.0 Å². The quantitative estimate of drug-likeness (QED) is 0.627. The smallest absolute Gasteiger partial charge is 0.396 e. The Kier molecular flexibility index (Phi) is 4.80. The van der Waals surface area contributed by atoms with Crippen molar-refractivity contribution in [3.05, 3.63) is 65.0 Å². The minimum absolute atomic E-state index is 0.324.